The minimum atomic E-state index is -0.652. The molecule has 23 heavy (non-hydrogen) atoms. The lowest BCUT2D eigenvalue weighted by molar-refractivity contribution is -0.392. The van der Waals surface area contributed by atoms with Crippen molar-refractivity contribution in [1.29, 1.82) is 0 Å². The van der Waals surface area contributed by atoms with Gasteiger partial charge in [0, 0.05) is 22.9 Å². The van der Waals surface area contributed by atoms with Crippen molar-refractivity contribution in [3.63, 3.8) is 0 Å². The van der Waals surface area contributed by atoms with Gasteiger partial charge in [0.15, 0.2) is 5.69 Å². The Bertz CT molecular complexity index is 640. The quantitative estimate of drug-likeness (QED) is 0.578. The topological polar surface area (TPSA) is 119 Å². The van der Waals surface area contributed by atoms with Crippen molar-refractivity contribution >= 4 is 28.8 Å². The number of nitrogens with one attached hydrogen (secondary N) is 1. The highest BCUT2D eigenvalue weighted by Gasteiger charge is 2.38. The van der Waals surface area contributed by atoms with Crippen molar-refractivity contribution in [2.75, 3.05) is 18.1 Å². The predicted molar refractivity (Wildman–Crippen MR) is 89.0 cm³/mol. The summed E-state index contributed by atoms with van der Waals surface area (Å²) in [6.45, 7) is 1.45. The molecule has 0 heterocycles. The van der Waals surface area contributed by atoms with Crippen LogP contribution < -0.4 is 5.32 Å². The summed E-state index contributed by atoms with van der Waals surface area (Å²) in [7, 11) is 0. The van der Waals surface area contributed by atoms with E-state index >= 15 is 0 Å². The molecule has 2 rings (SSSR count). The number of benzene rings is 1. The average Bonchev–Trinajstić information content (AvgIpc) is 2.45. The van der Waals surface area contributed by atoms with Gasteiger partial charge in [-0.1, -0.05) is 6.42 Å². The first-order valence-corrected chi connectivity index (χ1v) is 8.43. The van der Waals surface area contributed by atoms with Gasteiger partial charge in [0.05, 0.1) is 16.5 Å². The molecular formula is C14H19N3O5S. The first kappa shape index (κ1) is 17.5. The Morgan fingerprint density at radius 3 is 2.39 bits per heavy atom. The van der Waals surface area contributed by atoms with Gasteiger partial charge in [-0.15, -0.1) is 0 Å². The van der Waals surface area contributed by atoms with E-state index in [-0.39, 0.29) is 32.9 Å². The number of rotatable bonds is 7. The van der Waals surface area contributed by atoms with Gasteiger partial charge in [-0.25, -0.2) is 0 Å². The van der Waals surface area contributed by atoms with Crippen molar-refractivity contribution in [2.24, 2.45) is 0 Å². The lowest BCUT2D eigenvalue weighted by Gasteiger charge is -2.40. The van der Waals surface area contributed by atoms with E-state index in [1.165, 1.54) is 13.0 Å². The first-order valence-electron chi connectivity index (χ1n) is 7.20. The van der Waals surface area contributed by atoms with Crippen molar-refractivity contribution < 1.29 is 15.0 Å². The van der Waals surface area contributed by atoms with Crippen molar-refractivity contribution in [3.8, 4) is 0 Å². The number of aliphatic hydroxyl groups excluding tert-OH is 1. The predicted octanol–water partition coefficient (Wildman–Crippen LogP) is 3.00. The number of anilines is 1. The Morgan fingerprint density at radius 1 is 1.35 bits per heavy atom. The number of nitro groups is 2. The highest BCUT2D eigenvalue weighted by Crippen LogP contribution is 2.45. The highest BCUT2D eigenvalue weighted by molar-refractivity contribution is 8.00. The summed E-state index contributed by atoms with van der Waals surface area (Å²) in [6, 6.07) is 1.21. The van der Waals surface area contributed by atoms with E-state index in [0.717, 1.165) is 19.3 Å². The van der Waals surface area contributed by atoms with Crippen LogP contribution in [0.2, 0.25) is 0 Å². The van der Waals surface area contributed by atoms with Crippen LogP contribution in [-0.4, -0.2) is 32.5 Å². The third-order valence-corrected chi connectivity index (χ3v) is 5.89. The van der Waals surface area contributed by atoms with E-state index in [9.17, 15) is 25.3 Å². The van der Waals surface area contributed by atoms with Gasteiger partial charge >= 0.3 is 5.69 Å². The molecule has 1 aromatic carbocycles. The Morgan fingerprint density at radius 2 is 2.00 bits per heavy atom. The first-order chi connectivity index (χ1) is 10.8. The standard InChI is InChI=1S/C14H19N3O5S/c1-9-10(7-18)6-11(16(19)20)12(13(9)17(21)22)15-8-14(23-2)4-3-5-14/h6,15,18H,3-5,7-8H2,1-2H3. The molecule has 0 unspecified atom stereocenters. The molecule has 2 N–H and O–H groups in total. The van der Waals surface area contributed by atoms with Gasteiger partial charge in [0.2, 0.25) is 0 Å². The van der Waals surface area contributed by atoms with Gasteiger partial charge in [-0.05, 0) is 31.6 Å². The van der Waals surface area contributed by atoms with Crippen molar-refractivity contribution in [2.45, 2.75) is 37.5 Å². The number of hydrogen-bond donors (Lipinski definition) is 2. The summed E-state index contributed by atoms with van der Waals surface area (Å²) in [5, 5.41) is 35.0. The fourth-order valence-electron chi connectivity index (χ4n) is 2.79. The average molecular weight is 341 g/mol. The third-order valence-electron chi connectivity index (χ3n) is 4.48. The third kappa shape index (κ3) is 3.25. The Balaban J connectivity index is 2.48. The minimum Gasteiger partial charge on any atom is -0.392 e. The summed E-state index contributed by atoms with van der Waals surface area (Å²) in [5.74, 6) is 0. The molecule has 1 aliphatic rings. The molecule has 1 fully saturated rings. The second-order valence-electron chi connectivity index (χ2n) is 5.67. The SMILES string of the molecule is CSC1(CNc2c([N+](=O)[O-])cc(CO)c(C)c2[N+](=O)[O-])CCC1. The molecule has 126 valence electrons. The zero-order chi connectivity index (χ0) is 17.2. The van der Waals surface area contributed by atoms with E-state index in [1.54, 1.807) is 11.8 Å². The molecule has 0 bridgehead atoms. The lowest BCUT2D eigenvalue weighted by atomic mass is 9.84. The van der Waals surface area contributed by atoms with Crippen LogP contribution >= 0.6 is 11.8 Å². The molecule has 0 spiro atoms. The van der Waals surface area contributed by atoms with Crippen LogP contribution in [0.1, 0.15) is 30.4 Å². The number of nitrogens with zero attached hydrogens (tertiary/aromatic N) is 2. The molecule has 0 amide bonds. The largest absolute Gasteiger partial charge is 0.392 e. The lowest BCUT2D eigenvalue weighted by Crippen LogP contribution is -2.40. The molecule has 1 saturated carbocycles. The van der Waals surface area contributed by atoms with E-state index < -0.39 is 16.5 Å². The van der Waals surface area contributed by atoms with Crippen LogP contribution in [0, 0.1) is 27.2 Å². The summed E-state index contributed by atoms with van der Waals surface area (Å²) < 4.78 is -0.0225. The highest BCUT2D eigenvalue weighted by atomic mass is 32.2. The molecular weight excluding hydrogens is 322 g/mol. The summed E-state index contributed by atoms with van der Waals surface area (Å²) in [4.78, 5) is 21.4. The second kappa shape index (κ2) is 6.71. The van der Waals surface area contributed by atoms with E-state index in [4.69, 9.17) is 0 Å². The molecule has 8 nitrogen and oxygen atoms in total. The number of nitro benzene ring substituents is 2. The van der Waals surface area contributed by atoms with Crippen LogP contribution in [0.25, 0.3) is 0 Å². The van der Waals surface area contributed by atoms with E-state index in [2.05, 4.69) is 5.32 Å². The fourth-order valence-corrected chi connectivity index (χ4v) is 3.70. The molecule has 1 aliphatic carbocycles. The van der Waals surface area contributed by atoms with Crippen LogP contribution in [-0.2, 0) is 6.61 Å². The van der Waals surface area contributed by atoms with Gasteiger partial charge in [0.1, 0.15) is 0 Å². The summed E-state index contributed by atoms with van der Waals surface area (Å²) >= 11 is 1.68. The number of hydrogen-bond acceptors (Lipinski definition) is 7. The van der Waals surface area contributed by atoms with Crippen LogP contribution in [0.3, 0.4) is 0 Å². The van der Waals surface area contributed by atoms with Gasteiger partial charge in [0.25, 0.3) is 5.69 Å². The molecule has 0 saturated heterocycles. The molecule has 9 heteroatoms. The number of aliphatic hydroxyl groups is 1. The summed E-state index contributed by atoms with van der Waals surface area (Å²) in [6.07, 6.45) is 5.03. The summed E-state index contributed by atoms with van der Waals surface area (Å²) in [5.41, 5.74) is -0.342. The van der Waals surface area contributed by atoms with Crippen LogP contribution in [0.4, 0.5) is 17.1 Å². The van der Waals surface area contributed by atoms with E-state index in [0.29, 0.717) is 6.54 Å². The van der Waals surface area contributed by atoms with E-state index in [1.807, 2.05) is 6.26 Å². The van der Waals surface area contributed by atoms with Gasteiger partial charge < -0.3 is 10.4 Å². The Labute approximate surface area is 137 Å². The Kier molecular flexibility index (Phi) is 5.10. The molecule has 0 atom stereocenters. The second-order valence-corrected chi connectivity index (χ2v) is 6.94. The number of thioether (sulfide) groups is 1. The molecule has 0 radical (unpaired) electrons. The molecule has 0 aliphatic heterocycles. The maximum atomic E-state index is 11.4. The smallest absolute Gasteiger partial charge is 0.302 e. The maximum absolute atomic E-state index is 11.4. The zero-order valence-corrected chi connectivity index (χ0v) is 13.8. The van der Waals surface area contributed by atoms with Crippen LogP contribution in [0.15, 0.2) is 6.07 Å². The van der Waals surface area contributed by atoms with Gasteiger partial charge in [-0.3, -0.25) is 20.2 Å². The monoisotopic (exact) mass is 341 g/mol. The Hall–Kier alpha value is -1.87. The van der Waals surface area contributed by atoms with Crippen molar-refractivity contribution in [3.05, 3.63) is 37.4 Å². The normalized spacial score (nSPS) is 15.8. The molecule has 0 aromatic heterocycles. The molecule has 1 aromatic rings. The van der Waals surface area contributed by atoms with Crippen molar-refractivity contribution in [1.82, 2.24) is 0 Å². The zero-order valence-electron chi connectivity index (χ0n) is 13.0. The maximum Gasteiger partial charge on any atom is 0.302 e. The minimum absolute atomic E-state index is 0.0225. The fraction of sp³-hybridized carbons (Fsp3) is 0.571. The van der Waals surface area contributed by atoms with Gasteiger partial charge in [-0.2, -0.15) is 11.8 Å². The van der Waals surface area contributed by atoms with Crippen LogP contribution in [0.5, 0.6) is 0 Å².